The first-order valence-corrected chi connectivity index (χ1v) is 16.5. The summed E-state index contributed by atoms with van der Waals surface area (Å²) in [6, 6.07) is 31.8. The Hall–Kier alpha value is -4.15. The fourth-order valence-corrected chi connectivity index (χ4v) is 6.57. The van der Waals surface area contributed by atoms with Crippen molar-refractivity contribution in [3.05, 3.63) is 119 Å². The van der Waals surface area contributed by atoms with Crippen LogP contribution >= 0.6 is 11.8 Å². The third-order valence-corrected chi connectivity index (χ3v) is 9.10. The molecule has 0 aliphatic carbocycles. The first-order valence-electron chi connectivity index (χ1n) is 15.6. The highest BCUT2D eigenvalue weighted by Crippen LogP contribution is 2.43. The van der Waals surface area contributed by atoms with Crippen molar-refractivity contribution in [3.63, 3.8) is 0 Å². The summed E-state index contributed by atoms with van der Waals surface area (Å²) < 4.78 is 13.3. The molecular weight excluding hydrogens is 598 g/mol. The van der Waals surface area contributed by atoms with Crippen LogP contribution < -0.4 is 16.0 Å². The van der Waals surface area contributed by atoms with Gasteiger partial charge >= 0.3 is 6.03 Å². The van der Waals surface area contributed by atoms with E-state index in [-0.39, 0.29) is 36.7 Å². The van der Waals surface area contributed by atoms with Crippen LogP contribution in [0, 0.1) is 5.92 Å². The van der Waals surface area contributed by atoms with Gasteiger partial charge in [0, 0.05) is 47.8 Å². The Balaban J connectivity index is 1.35. The second kappa shape index (κ2) is 15.9. The average molecular weight is 640 g/mol. The van der Waals surface area contributed by atoms with E-state index in [9.17, 15) is 14.7 Å². The Morgan fingerprint density at radius 1 is 0.848 bits per heavy atom. The van der Waals surface area contributed by atoms with Gasteiger partial charge in [0.25, 0.3) is 0 Å². The summed E-state index contributed by atoms with van der Waals surface area (Å²) in [7, 11) is 0. The van der Waals surface area contributed by atoms with Crippen molar-refractivity contribution < 1.29 is 24.2 Å². The minimum Gasteiger partial charge on any atom is -0.392 e. The number of aliphatic hydroxyl groups excluding tert-OH is 1. The van der Waals surface area contributed by atoms with Gasteiger partial charge in [0.1, 0.15) is 0 Å². The number of ether oxygens (including phenoxy) is 2. The highest BCUT2D eigenvalue weighted by molar-refractivity contribution is 7.99. The van der Waals surface area contributed by atoms with E-state index in [0.29, 0.717) is 13.1 Å². The highest BCUT2D eigenvalue weighted by Gasteiger charge is 2.38. The van der Waals surface area contributed by atoms with Gasteiger partial charge in [0.2, 0.25) is 5.91 Å². The normalized spacial score (nSPS) is 19.3. The van der Waals surface area contributed by atoms with Gasteiger partial charge in [-0.3, -0.25) is 4.79 Å². The first kappa shape index (κ1) is 33.2. The third-order valence-electron chi connectivity index (χ3n) is 8.00. The SMILES string of the molecule is CCNC(=O)NCc1ccccc1-c1ccc([C@@H]2O[C@H](CSc3ccc(NC(C)=O)cc3)[C@H](C)[C@H](c3ccc(CO)cc3)O2)cc1. The van der Waals surface area contributed by atoms with Crippen LogP contribution in [-0.2, 0) is 27.4 Å². The number of aliphatic hydroxyl groups is 1. The number of thioether (sulfide) groups is 1. The monoisotopic (exact) mass is 639 g/mol. The van der Waals surface area contributed by atoms with E-state index in [1.807, 2.05) is 85.8 Å². The van der Waals surface area contributed by atoms with Crippen molar-refractivity contribution in [2.24, 2.45) is 5.92 Å². The van der Waals surface area contributed by atoms with Crippen LogP contribution in [0.25, 0.3) is 11.1 Å². The maximum absolute atomic E-state index is 12.0. The maximum Gasteiger partial charge on any atom is 0.315 e. The van der Waals surface area contributed by atoms with E-state index in [4.69, 9.17) is 9.47 Å². The zero-order valence-corrected chi connectivity index (χ0v) is 27.2. The molecule has 1 fully saturated rings. The lowest BCUT2D eigenvalue weighted by molar-refractivity contribution is -0.268. The Labute approximate surface area is 274 Å². The average Bonchev–Trinajstić information content (AvgIpc) is 3.08. The number of nitrogens with one attached hydrogen (secondary N) is 3. The number of hydrogen-bond donors (Lipinski definition) is 4. The number of hydrogen-bond acceptors (Lipinski definition) is 6. The molecule has 4 aromatic carbocycles. The number of carbonyl (C=O) groups is 2. The smallest absolute Gasteiger partial charge is 0.315 e. The van der Waals surface area contributed by atoms with Crippen molar-refractivity contribution >= 4 is 29.4 Å². The molecule has 0 saturated carbocycles. The van der Waals surface area contributed by atoms with Crippen LogP contribution in [0.4, 0.5) is 10.5 Å². The van der Waals surface area contributed by atoms with Gasteiger partial charge in [0.05, 0.1) is 18.8 Å². The van der Waals surface area contributed by atoms with Gasteiger partial charge in [-0.1, -0.05) is 79.7 Å². The van der Waals surface area contributed by atoms with Crippen molar-refractivity contribution in [1.29, 1.82) is 0 Å². The summed E-state index contributed by atoms with van der Waals surface area (Å²) in [4.78, 5) is 24.5. The fourth-order valence-electron chi connectivity index (χ4n) is 5.50. The van der Waals surface area contributed by atoms with E-state index in [0.717, 1.165) is 49.7 Å². The van der Waals surface area contributed by atoms with Crippen LogP contribution in [-0.4, -0.2) is 35.4 Å². The van der Waals surface area contributed by atoms with Crippen LogP contribution in [0.2, 0.25) is 0 Å². The molecule has 0 spiro atoms. The second-order valence-corrected chi connectivity index (χ2v) is 12.4. The molecular formula is C37H41N3O5S. The van der Waals surface area contributed by atoms with Crippen LogP contribution in [0.5, 0.6) is 0 Å². The van der Waals surface area contributed by atoms with E-state index >= 15 is 0 Å². The molecule has 0 bridgehead atoms. The van der Waals surface area contributed by atoms with Crippen LogP contribution in [0.15, 0.2) is 102 Å². The molecule has 0 aromatic heterocycles. The predicted molar refractivity (Wildman–Crippen MR) is 182 cm³/mol. The summed E-state index contributed by atoms with van der Waals surface area (Å²) in [5.74, 6) is 0.682. The molecule has 240 valence electrons. The second-order valence-electron chi connectivity index (χ2n) is 11.3. The highest BCUT2D eigenvalue weighted by atomic mass is 32.2. The van der Waals surface area contributed by atoms with Crippen molar-refractivity contribution in [1.82, 2.24) is 10.6 Å². The molecule has 8 nitrogen and oxygen atoms in total. The summed E-state index contributed by atoms with van der Waals surface area (Å²) in [6.45, 7) is 6.52. The summed E-state index contributed by atoms with van der Waals surface area (Å²) in [6.07, 6.45) is -0.892. The molecule has 9 heteroatoms. The topological polar surface area (TPSA) is 109 Å². The Bertz CT molecular complexity index is 1600. The van der Waals surface area contributed by atoms with Gasteiger partial charge in [-0.15, -0.1) is 11.8 Å². The molecule has 1 aliphatic heterocycles. The minimum absolute atomic E-state index is 0.00936. The van der Waals surface area contributed by atoms with Gasteiger partial charge in [0.15, 0.2) is 6.29 Å². The molecule has 0 unspecified atom stereocenters. The molecule has 1 heterocycles. The molecule has 4 atom stereocenters. The fraction of sp³-hybridized carbons (Fsp3) is 0.297. The molecule has 0 radical (unpaired) electrons. The lowest BCUT2D eigenvalue weighted by atomic mass is 9.91. The van der Waals surface area contributed by atoms with Crippen LogP contribution in [0.1, 0.15) is 55.4 Å². The Morgan fingerprint density at radius 2 is 1.54 bits per heavy atom. The van der Waals surface area contributed by atoms with Crippen molar-refractivity contribution in [3.8, 4) is 11.1 Å². The molecule has 4 N–H and O–H groups in total. The number of anilines is 1. The van der Waals surface area contributed by atoms with Gasteiger partial charge in [-0.2, -0.15) is 0 Å². The lowest BCUT2D eigenvalue weighted by Crippen LogP contribution is -2.38. The molecule has 3 amide bonds. The largest absolute Gasteiger partial charge is 0.392 e. The predicted octanol–water partition coefficient (Wildman–Crippen LogP) is 7.21. The Morgan fingerprint density at radius 3 is 2.22 bits per heavy atom. The van der Waals surface area contributed by atoms with Crippen molar-refractivity contribution in [2.75, 3.05) is 17.6 Å². The van der Waals surface area contributed by atoms with E-state index in [1.54, 1.807) is 11.8 Å². The summed E-state index contributed by atoms with van der Waals surface area (Å²) in [5, 5.41) is 18.1. The summed E-state index contributed by atoms with van der Waals surface area (Å²) >= 11 is 1.71. The number of amides is 3. The number of rotatable bonds is 11. The third kappa shape index (κ3) is 8.55. The molecule has 4 aromatic rings. The first-order chi connectivity index (χ1) is 22.3. The standard InChI is InChI=1S/C37H41N3O5S/c1-4-38-37(43)39-21-30-7-5-6-8-33(30)27-13-15-29(16-14-27)36-44-34(23-46-32-19-17-31(18-20-32)40-25(3)42)24(2)35(45-36)28-11-9-26(22-41)10-12-28/h5-20,24,34-36,41H,4,21-23H2,1-3H3,(H,40,42)(H2,38,39,43)/t24-,34+,35+,36+/m0/s1. The zero-order valence-electron chi connectivity index (χ0n) is 26.4. The maximum atomic E-state index is 12.0. The van der Waals surface area contributed by atoms with Gasteiger partial charge in [-0.05, 0) is 59.0 Å². The van der Waals surface area contributed by atoms with E-state index < -0.39 is 6.29 Å². The molecule has 5 rings (SSSR count). The van der Waals surface area contributed by atoms with Gasteiger partial charge in [-0.25, -0.2) is 4.79 Å². The number of urea groups is 1. The lowest BCUT2D eigenvalue weighted by Gasteiger charge is -2.41. The minimum atomic E-state index is -0.574. The van der Waals surface area contributed by atoms with Crippen molar-refractivity contribution in [2.45, 2.75) is 57.3 Å². The van der Waals surface area contributed by atoms with Crippen LogP contribution in [0.3, 0.4) is 0 Å². The van der Waals surface area contributed by atoms with E-state index in [1.165, 1.54) is 6.92 Å². The molecule has 1 aliphatic rings. The summed E-state index contributed by atoms with van der Waals surface area (Å²) in [5.41, 5.74) is 6.68. The van der Waals surface area contributed by atoms with E-state index in [2.05, 4.69) is 41.1 Å². The molecule has 46 heavy (non-hydrogen) atoms. The zero-order chi connectivity index (χ0) is 32.5. The Kier molecular flexibility index (Phi) is 11.5. The molecule has 1 saturated heterocycles. The van der Waals surface area contributed by atoms with Gasteiger partial charge < -0.3 is 30.5 Å². The number of carbonyl (C=O) groups excluding carboxylic acids is 2. The quantitative estimate of drug-likeness (QED) is 0.129. The number of benzene rings is 4.